The van der Waals surface area contributed by atoms with Crippen LogP contribution in [0.4, 0.5) is 14.5 Å². The minimum Gasteiger partial charge on any atom is -0.434 e. The summed E-state index contributed by atoms with van der Waals surface area (Å²) >= 11 is 12.1. The predicted octanol–water partition coefficient (Wildman–Crippen LogP) is 7.46. The second kappa shape index (κ2) is 20.9. The van der Waals surface area contributed by atoms with Crippen molar-refractivity contribution in [3.8, 4) is 0 Å². The number of allylic oxidation sites excluding steroid dienone is 1. The Labute approximate surface area is 382 Å². The minimum absolute atomic E-state index is 0.00858. The number of alkyl halides is 2. The highest BCUT2D eigenvalue weighted by molar-refractivity contribution is 7.54. The Balaban J connectivity index is 1.15. The second-order valence-corrected chi connectivity index (χ2v) is 18.0. The van der Waals surface area contributed by atoms with Crippen LogP contribution in [0, 0.1) is 0 Å². The zero-order valence-electron chi connectivity index (χ0n) is 34.9. The van der Waals surface area contributed by atoms with E-state index in [0.29, 0.717) is 24.1 Å². The number of carbonyl (C=O) groups excluding carboxylic acids is 6. The Bertz CT molecular complexity index is 2510. The fourth-order valence-electron chi connectivity index (χ4n) is 7.24. The van der Waals surface area contributed by atoms with Gasteiger partial charge in [0.05, 0.1) is 26.9 Å². The highest BCUT2D eigenvalue weighted by Gasteiger charge is 2.56. The van der Waals surface area contributed by atoms with E-state index in [9.17, 15) is 33.3 Å². The van der Waals surface area contributed by atoms with Crippen LogP contribution in [0.2, 0.25) is 10.0 Å². The molecular formula is C45H43Cl2F2N4O11P. The Morgan fingerprint density at radius 1 is 0.877 bits per heavy atom. The molecular weight excluding hydrogens is 912 g/mol. The minimum atomic E-state index is -5.72. The van der Waals surface area contributed by atoms with Crippen LogP contribution in [-0.2, 0) is 60.8 Å². The number of aryl methyl sites for hydroxylation is 1. The summed E-state index contributed by atoms with van der Waals surface area (Å²) in [5, 5.41) is 5.58. The number of hydrogen-bond acceptors (Lipinski definition) is 11. The summed E-state index contributed by atoms with van der Waals surface area (Å²) in [5.41, 5.74) is 2.52. The lowest BCUT2D eigenvalue weighted by Gasteiger charge is -2.28. The van der Waals surface area contributed by atoms with Crippen molar-refractivity contribution in [2.75, 3.05) is 18.5 Å². The van der Waals surface area contributed by atoms with E-state index in [0.717, 1.165) is 23.3 Å². The number of para-hydroxylation sites is 1. The van der Waals surface area contributed by atoms with Gasteiger partial charge in [-0.3, -0.25) is 37.7 Å². The molecule has 0 saturated heterocycles. The molecule has 2 unspecified atom stereocenters. The summed E-state index contributed by atoms with van der Waals surface area (Å²) in [6.07, 6.45) is 2.45. The van der Waals surface area contributed by atoms with Crippen LogP contribution in [0.1, 0.15) is 76.1 Å². The van der Waals surface area contributed by atoms with Crippen molar-refractivity contribution < 1.29 is 60.6 Å². The summed E-state index contributed by atoms with van der Waals surface area (Å²) in [4.78, 5) is 79.0. The van der Waals surface area contributed by atoms with E-state index in [2.05, 4.69) is 10.6 Å². The highest BCUT2D eigenvalue weighted by Crippen LogP contribution is 2.67. The lowest BCUT2D eigenvalue weighted by atomic mass is 10.0. The standard InChI is InChI=1S/C45H43Cl2F2N4O11P/c1-26(22-39(55)52-36-20-17-29-8-7-9-30-23-37(53(40(29)30)42(36)57)41(56)51-27(2)14-21-38(50)54)28-15-18-31(19-16-28)45(48,49)65(60,63-24-61-43(58)32-10-3-5-12-34(32)46)64-25-62-44(59)33-11-4-6-13-35(33)47/h3-13,15-16,18-19,22,27,36-37H,14,17,20-21,23-25H2,1-2H3,(H2,50,54)(H,51,56)(H,52,55)/b26-22+/t27?,36?,37-/m0/s1. The average Bonchev–Trinajstić information content (AvgIpc) is 3.61. The Morgan fingerprint density at radius 3 is 2.02 bits per heavy atom. The van der Waals surface area contributed by atoms with Crippen LogP contribution in [0.3, 0.4) is 0 Å². The average molecular weight is 956 g/mol. The SMILES string of the molecule is C/C(=C\C(=O)NC1CCc2cccc3c2N(C1=O)[C@H](C(=O)NC(C)CCC(N)=O)C3)c1ccc(C(F)(F)P(=O)(OCOC(=O)c2ccccc2Cl)OCOC(=O)c2ccccc2Cl)cc1. The first kappa shape index (κ1) is 48.5. The van der Waals surface area contributed by atoms with Gasteiger partial charge in [-0.1, -0.05) is 89.9 Å². The van der Waals surface area contributed by atoms with Crippen molar-refractivity contribution in [1.82, 2.24) is 10.6 Å². The first-order chi connectivity index (χ1) is 30.9. The smallest absolute Gasteiger partial charge is 0.410 e. The molecule has 2 aliphatic heterocycles. The second-order valence-electron chi connectivity index (χ2n) is 15.1. The number of nitrogens with two attached hydrogens (primary N) is 1. The zero-order chi connectivity index (χ0) is 47.1. The van der Waals surface area contributed by atoms with Gasteiger partial charge in [-0.25, -0.2) is 9.59 Å². The van der Waals surface area contributed by atoms with Crippen LogP contribution in [0.5, 0.6) is 0 Å². The third-order valence-electron chi connectivity index (χ3n) is 10.6. The van der Waals surface area contributed by atoms with Gasteiger partial charge in [0.15, 0.2) is 0 Å². The molecule has 0 aromatic heterocycles. The third kappa shape index (κ3) is 11.3. The van der Waals surface area contributed by atoms with E-state index in [1.807, 2.05) is 18.2 Å². The van der Waals surface area contributed by atoms with Gasteiger partial charge in [0.25, 0.3) is 0 Å². The first-order valence-electron chi connectivity index (χ1n) is 20.1. The molecule has 6 rings (SSSR count). The van der Waals surface area contributed by atoms with E-state index in [4.69, 9.17) is 47.5 Å². The van der Waals surface area contributed by atoms with Crippen LogP contribution in [0.25, 0.3) is 5.57 Å². The summed E-state index contributed by atoms with van der Waals surface area (Å²) < 4.78 is 66.2. The van der Waals surface area contributed by atoms with Gasteiger partial charge in [0.2, 0.25) is 37.2 Å². The predicted molar refractivity (Wildman–Crippen MR) is 235 cm³/mol. The lowest BCUT2D eigenvalue weighted by Crippen LogP contribution is -2.55. The molecule has 0 aliphatic carbocycles. The monoisotopic (exact) mass is 954 g/mol. The number of anilines is 1. The van der Waals surface area contributed by atoms with E-state index < -0.39 is 86.1 Å². The van der Waals surface area contributed by atoms with Crippen molar-refractivity contribution in [2.45, 2.75) is 69.7 Å². The van der Waals surface area contributed by atoms with Crippen molar-refractivity contribution >= 4 is 77.6 Å². The molecule has 0 saturated carbocycles. The quantitative estimate of drug-likeness (QED) is 0.0386. The number of benzene rings is 4. The number of nitrogens with zero attached hydrogens (tertiary/aromatic N) is 1. The molecule has 0 fully saturated rings. The van der Waals surface area contributed by atoms with Gasteiger partial charge in [-0.05, 0) is 79.6 Å². The van der Waals surface area contributed by atoms with Gasteiger partial charge in [0, 0.05) is 30.5 Å². The number of hydrogen-bond donors (Lipinski definition) is 3. The van der Waals surface area contributed by atoms with Gasteiger partial charge in [0.1, 0.15) is 12.1 Å². The summed E-state index contributed by atoms with van der Waals surface area (Å²) in [6, 6.07) is 18.9. The van der Waals surface area contributed by atoms with Crippen LogP contribution in [0.15, 0.2) is 97.1 Å². The first-order valence-corrected chi connectivity index (χ1v) is 22.4. The molecule has 4 aromatic carbocycles. The van der Waals surface area contributed by atoms with Crippen LogP contribution < -0.4 is 21.3 Å². The molecule has 4 amide bonds. The number of amides is 4. The molecule has 15 nitrogen and oxygen atoms in total. The van der Waals surface area contributed by atoms with E-state index in [1.165, 1.54) is 66.4 Å². The number of esters is 2. The Kier molecular flexibility index (Phi) is 15.6. The van der Waals surface area contributed by atoms with E-state index >= 15 is 8.78 Å². The van der Waals surface area contributed by atoms with Gasteiger partial charge in [-0.15, -0.1) is 0 Å². The molecule has 4 aromatic rings. The maximum Gasteiger partial charge on any atom is 0.410 e. The van der Waals surface area contributed by atoms with Gasteiger partial charge < -0.3 is 25.8 Å². The normalized spacial score (nSPS) is 16.5. The molecule has 342 valence electrons. The third-order valence-corrected chi connectivity index (χ3v) is 13.1. The largest absolute Gasteiger partial charge is 0.434 e. The van der Waals surface area contributed by atoms with Crippen molar-refractivity contribution in [3.05, 3.63) is 140 Å². The van der Waals surface area contributed by atoms with Gasteiger partial charge >= 0.3 is 25.2 Å². The van der Waals surface area contributed by atoms with Gasteiger partial charge in [-0.2, -0.15) is 8.78 Å². The van der Waals surface area contributed by atoms with E-state index in [-0.39, 0.29) is 46.0 Å². The van der Waals surface area contributed by atoms with Crippen molar-refractivity contribution in [3.63, 3.8) is 0 Å². The molecule has 0 spiro atoms. The topological polar surface area (TPSA) is 210 Å². The summed E-state index contributed by atoms with van der Waals surface area (Å²) in [7, 11) is -5.72. The fourth-order valence-corrected chi connectivity index (χ4v) is 8.91. The van der Waals surface area contributed by atoms with Crippen molar-refractivity contribution in [1.29, 1.82) is 0 Å². The number of primary amides is 1. The summed E-state index contributed by atoms with van der Waals surface area (Å²) in [6.45, 7) is 0.686. The molecule has 3 atom stereocenters. The van der Waals surface area contributed by atoms with Crippen LogP contribution in [-0.4, -0.2) is 67.3 Å². The molecule has 65 heavy (non-hydrogen) atoms. The number of halogens is 4. The molecule has 4 N–H and O–H groups in total. The Morgan fingerprint density at radius 2 is 1.45 bits per heavy atom. The lowest BCUT2D eigenvalue weighted by molar-refractivity contribution is -0.128. The van der Waals surface area contributed by atoms with Crippen molar-refractivity contribution in [2.24, 2.45) is 5.73 Å². The fraction of sp³-hybridized carbons (Fsp3) is 0.289. The highest BCUT2D eigenvalue weighted by atomic mass is 35.5. The zero-order valence-corrected chi connectivity index (χ0v) is 37.3. The molecule has 20 heteroatoms. The number of carbonyl (C=O) groups is 6. The summed E-state index contributed by atoms with van der Waals surface area (Å²) in [5.74, 6) is -4.25. The molecule has 2 aliphatic rings. The maximum absolute atomic E-state index is 16.3. The molecule has 2 heterocycles. The molecule has 0 radical (unpaired) electrons. The van der Waals surface area contributed by atoms with E-state index in [1.54, 1.807) is 19.1 Å². The number of ether oxygens (including phenoxy) is 2. The maximum atomic E-state index is 16.3. The Hall–Kier alpha value is -5.97. The van der Waals surface area contributed by atoms with Crippen LogP contribution >= 0.6 is 30.8 Å². The number of nitrogens with one attached hydrogen (secondary N) is 2. The molecule has 0 bridgehead atoms. The number of rotatable bonds is 18.